The van der Waals surface area contributed by atoms with Crippen LogP contribution in [0.5, 0.6) is 0 Å². The van der Waals surface area contributed by atoms with Gasteiger partial charge >= 0.3 is 0 Å². The predicted octanol–water partition coefficient (Wildman–Crippen LogP) is 1.22. The first-order valence-electron chi connectivity index (χ1n) is 4.70. The fraction of sp³-hybridized carbons (Fsp3) is 1.00. The first kappa shape index (κ1) is 9.96. The molecule has 12 heavy (non-hydrogen) atoms. The van der Waals surface area contributed by atoms with E-state index in [1.54, 1.807) is 0 Å². The van der Waals surface area contributed by atoms with Crippen LogP contribution in [-0.4, -0.2) is 39.1 Å². The summed E-state index contributed by atoms with van der Waals surface area (Å²) < 4.78 is 15.9. The highest BCUT2D eigenvalue weighted by atomic mass is 16.5. The molecule has 0 aliphatic carbocycles. The standard InChI is InChI=1S/C9H18O3/c1-2-10-6-7-11-8-9-4-3-5-12-9/h9H,2-8H2,1H3. The van der Waals surface area contributed by atoms with Gasteiger partial charge in [0.25, 0.3) is 0 Å². The minimum absolute atomic E-state index is 0.339. The van der Waals surface area contributed by atoms with E-state index in [-0.39, 0.29) is 0 Å². The van der Waals surface area contributed by atoms with Gasteiger partial charge in [0.1, 0.15) is 0 Å². The van der Waals surface area contributed by atoms with Crippen LogP contribution in [0.1, 0.15) is 19.8 Å². The summed E-state index contributed by atoms with van der Waals surface area (Å²) in [7, 11) is 0. The predicted molar refractivity (Wildman–Crippen MR) is 46.3 cm³/mol. The molecule has 0 aromatic carbocycles. The van der Waals surface area contributed by atoms with Crippen molar-refractivity contribution in [1.82, 2.24) is 0 Å². The zero-order valence-corrected chi connectivity index (χ0v) is 7.75. The quantitative estimate of drug-likeness (QED) is 0.567. The number of rotatable bonds is 6. The molecule has 1 saturated heterocycles. The lowest BCUT2D eigenvalue weighted by Crippen LogP contribution is -2.16. The Bertz CT molecular complexity index is 99.9. The number of ether oxygens (including phenoxy) is 3. The van der Waals surface area contributed by atoms with E-state index in [2.05, 4.69) is 0 Å². The molecular formula is C9H18O3. The SMILES string of the molecule is CCOCCOCC1CCCO1. The molecule has 72 valence electrons. The molecule has 1 aliphatic heterocycles. The van der Waals surface area contributed by atoms with E-state index in [9.17, 15) is 0 Å². The van der Waals surface area contributed by atoms with E-state index >= 15 is 0 Å². The highest BCUT2D eigenvalue weighted by Crippen LogP contribution is 2.11. The van der Waals surface area contributed by atoms with Gasteiger partial charge in [-0.3, -0.25) is 0 Å². The van der Waals surface area contributed by atoms with Gasteiger partial charge in [0, 0.05) is 13.2 Å². The third-order valence-corrected chi connectivity index (χ3v) is 1.90. The number of hydrogen-bond acceptors (Lipinski definition) is 3. The molecule has 0 spiro atoms. The van der Waals surface area contributed by atoms with E-state index in [0.29, 0.717) is 19.3 Å². The first-order chi connectivity index (χ1) is 5.93. The normalized spacial score (nSPS) is 23.2. The molecule has 1 heterocycles. The van der Waals surface area contributed by atoms with Crippen LogP contribution in [0.15, 0.2) is 0 Å². The van der Waals surface area contributed by atoms with E-state index in [1.807, 2.05) is 6.92 Å². The molecule has 1 rings (SSSR count). The van der Waals surface area contributed by atoms with Crippen molar-refractivity contribution in [2.45, 2.75) is 25.9 Å². The van der Waals surface area contributed by atoms with Gasteiger partial charge in [0.05, 0.1) is 25.9 Å². The lowest BCUT2D eigenvalue weighted by molar-refractivity contribution is -0.00528. The summed E-state index contributed by atoms with van der Waals surface area (Å²) in [4.78, 5) is 0. The van der Waals surface area contributed by atoms with Crippen molar-refractivity contribution in [2.24, 2.45) is 0 Å². The summed E-state index contributed by atoms with van der Waals surface area (Å²) >= 11 is 0. The van der Waals surface area contributed by atoms with Crippen molar-refractivity contribution < 1.29 is 14.2 Å². The fourth-order valence-corrected chi connectivity index (χ4v) is 1.25. The van der Waals surface area contributed by atoms with Gasteiger partial charge in [-0.2, -0.15) is 0 Å². The highest BCUT2D eigenvalue weighted by Gasteiger charge is 2.14. The maximum Gasteiger partial charge on any atom is 0.0809 e. The molecule has 1 atom stereocenters. The van der Waals surface area contributed by atoms with E-state index < -0.39 is 0 Å². The second kappa shape index (κ2) is 6.40. The van der Waals surface area contributed by atoms with Crippen LogP contribution < -0.4 is 0 Å². The average molecular weight is 174 g/mol. The van der Waals surface area contributed by atoms with Crippen LogP contribution in [-0.2, 0) is 14.2 Å². The van der Waals surface area contributed by atoms with Gasteiger partial charge in [-0.25, -0.2) is 0 Å². The molecule has 3 nitrogen and oxygen atoms in total. The molecule has 0 aromatic heterocycles. The topological polar surface area (TPSA) is 27.7 Å². The lowest BCUT2D eigenvalue weighted by Gasteiger charge is -2.09. The van der Waals surface area contributed by atoms with Gasteiger partial charge < -0.3 is 14.2 Å². The highest BCUT2D eigenvalue weighted by molar-refractivity contribution is 4.63. The van der Waals surface area contributed by atoms with Crippen molar-refractivity contribution in [2.75, 3.05) is 33.0 Å². The summed E-state index contributed by atoms with van der Waals surface area (Å²) in [6, 6.07) is 0. The van der Waals surface area contributed by atoms with Crippen LogP contribution in [0.3, 0.4) is 0 Å². The van der Waals surface area contributed by atoms with Crippen molar-refractivity contribution in [3.05, 3.63) is 0 Å². The smallest absolute Gasteiger partial charge is 0.0809 e. The fourth-order valence-electron chi connectivity index (χ4n) is 1.25. The van der Waals surface area contributed by atoms with Gasteiger partial charge in [-0.15, -0.1) is 0 Å². The third-order valence-electron chi connectivity index (χ3n) is 1.90. The zero-order chi connectivity index (χ0) is 8.65. The van der Waals surface area contributed by atoms with Crippen LogP contribution in [0.2, 0.25) is 0 Å². The molecule has 1 aliphatic rings. The minimum Gasteiger partial charge on any atom is -0.379 e. The molecule has 1 unspecified atom stereocenters. The third kappa shape index (κ3) is 4.04. The van der Waals surface area contributed by atoms with Crippen molar-refractivity contribution in [3.63, 3.8) is 0 Å². The largest absolute Gasteiger partial charge is 0.379 e. The van der Waals surface area contributed by atoms with Crippen molar-refractivity contribution >= 4 is 0 Å². The lowest BCUT2D eigenvalue weighted by atomic mass is 10.2. The summed E-state index contributed by atoms with van der Waals surface area (Å²) in [5.74, 6) is 0. The Morgan fingerprint density at radius 1 is 1.33 bits per heavy atom. The Morgan fingerprint density at radius 2 is 2.17 bits per heavy atom. The van der Waals surface area contributed by atoms with E-state index in [1.165, 1.54) is 6.42 Å². The van der Waals surface area contributed by atoms with Crippen molar-refractivity contribution in [3.8, 4) is 0 Å². The first-order valence-corrected chi connectivity index (χ1v) is 4.70. The summed E-state index contributed by atoms with van der Waals surface area (Å²) in [5, 5.41) is 0. The van der Waals surface area contributed by atoms with Gasteiger partial charge in [0.15, 0.2) is 0 Å². The molecule has 0 saturated carbocycles. The molecule has 0 N–H and O–H groups in total. The van der Waals surface area contributed by atoms with Crippen LogP contribution >= 0.6 is 0 Å². The second-order valence-electron chi connectivity index (χ2n) is 2.91. The van der Waals surface area contributed by atoms with Gasteiger partial charge in [0.2, 0.25) is 0 Å². The Morgan fingerprint density at radius 3 is 2.83 bits per heavy atom. The molecule has 0 bridgehead atoms. The molecule has 0 amide bonds. The Balaban J connectivity index is 1.81. The minimum atomic E-state index is 0.339. The summed E-state index contributed by atoms with van der Waals surface area (Å²) in [5.41, 5.74) is 0. The van der Waals surface area contributed by atoms with E-state index in [4.69, 9.17) is 14.2 Å². The van der Waals surface area contributed by atoms with Gasteiger partial charge in [-0.1, -0.05) is 0 Å². The summed E-state index contributed by atoms with van der Waals surface area (Å²) in [6.45, 7) is 5.77. The van der Waals surface area contributed by atoms with Crippen LogP contribution in [0.4, 0.5) is 0 Å². The molecule has 1 fully saturated rings. The second-order valence-corrected chi connectivity index (χ2v) is 2.91. The number of hydrogen-bond donors (Lipinski definition) is 0. The van der Waals surface area contributed by atoms with Crippen molar-refractivity contribution in [1.29, 1.82) is 0 Å². The molecule has 0 radical (unpaired) electrons. The Kier molecular flexibility index (Phi) is 5.32. The molecule has 0 aromatic rings. The van der Waals surface area contributed by atoms with E-state index in [0.717, 1.165) is 26.2 Å². The maximum atomic E-state index is 5.39. The molecule has 3 heteroatoms. The monoisotopic (exact) mass is 174 g/mol. The Hall–Kier alpha value is -0.120. The van der Waals surface area contributed by atoms with Crippen LogP contribution in [0.25, 0.3) is 0 Å². The van der Waals surface area contributed by atoms with Gasteiger partial charge in [-0.05, 0) is 19.8 Å². The van der Waals surface area contributed by atoms with Crippen LogP contribution in [0, 0.1) is 0 Å². The average Bonchev–Trinajstić information content (AvgIpc) is 2.57. The molecular weight excluding hydrogens is 156 g/mol. The zero-order valence-electron chi connectivity index (χ0n) is 7.75. The maximum absolute atomic E-state index is 5.39. The summed E-state index contributed by atoms with van der Waals surface area (Å²) in [6.07, 6.45) is 2.67. The Labute approximate surface area is 74.0 Å².